The minimum absolute atomic E-state index is 0. The van der Waals surface area contributed by atoms with Gasteiger partial charge in [-0.2, -0.15) is 0 Å². The molecular formula is C20H35IN4O2S. The van der Waals surface area contributed by atoms with E-state index in [1.165, 1.54) is 38.8 Å². The van der Waals surface area contributed by atoms with Gasteiger partial charge in [-0.1, -0.05) is 31.0 Å². The number of sulfone groups is 1. The molecule has 1 fully saturated rings. The summed E-state index contributed by atoms with van der Waals surface area (Å²) in [6.07, 6.45) is 6.36. The highest BCUT2D eigenvalue weighted by atomic mass is 127. The van der Waals surface area contributed by atoms with E-state index in [0.717, 1.165) is 26.1 Å². The zero-order valence-corrected chi connectivity index (χ0v) is 20.0. The minimum atomic E-state index is -3.27. The van der Waals surface area contributed by atoms with Crippen molar-refractivity contribution in [2.45, 2.75) is 43.9 Å². The van der Waals surface area contributed by atoms with E-state index in [1.54, 1.807) is 24.3 Å². The van der Waals surface area contributed by atoms with Crippen LogP contribution in [0.25, 0.3) is 0 Å². The van der Waals surface area contributed by atoms with Crippen LogP contribution >= 0.6 is 24.0 Å². The van der Waals surface area contributed by atoms with Crippen LogP contribution < -0.4 is 10.6 Å². The summed E-state index contributed by atoms with van der Waals surface area (Å²) in [5.41, 5.74) is 0. The van der Waals surface area contributed by atoms with Crippen molar-refractivity contribution >= 4 is 39.8 Å². The maximum absolute atomic E-state index is 12.3. The Morgan fingerprint density at radius 3 is 2.39 bits per heavy atom. The zero-order valence-electron chi connectivity index (χ0n) is 16.9. The van der Waals surface area contributed by atoms with Gasteiger partial charge in [-0.3, -0.25) is 4.99 Å². The molecule has 160 valence electrons. The molecule has 28 heavy (non-hydrogen) atoms. The zero-order chi connectivity index (χ0) is 19.4. The van der Waals surface area contributed by atoms with Crippen molar-refractivity contribution in [2.24, 2.45) is 4.99 Å². The summed E-state index contributed by atoms with van der Waals surface area (Å²) >= 11 is 0. The van der Waals surface area contributed by atoms with Crippen LogP contribution in [0, 0.1) is 0 Å². The summed E-state index contributed by atoms with van der Waals surface area (Å²) in [5, 5.41) is 6.33. The van der Waals surface area contributed by atoms with Crippen molar-refractivity contribution in [3.63, 3.8) is 0 Å². The number of likely N-dealkylation sites (tertiary alicyclic amines) is 1. The lowest BCUT2D eigenvalue weighted by molar-refractivity contribution is 0.283. The van der Waals surface area contributed by atoms with Crippen molar-refractivity contribution in [2.75, 3.05) is 45.0 Å². The molecule has 2 N–H and O–H groups in total. The van der Waals surface area contributed by atoms with Gasteiger partial charge in [-0.15, -0.1) is 24.0 Å². The molecule has 2 rings (SSSR count). The number of hydrogen-bond acceptors (Lipinski definition) is 4. The van der Waals surface area contributed by atoms with Crippen molar-refractivity contribution in [1.82, 2.24) is 15.5 Å². The Labute approximate surface area is 187 Å². The van der Waals surface area contributed by atoms with E-state index < -0.39 is 9.84 Å². The lowest BCUT2D eigenvalue weighted by Gasteiger charge is -2.19. The summed E-state index contributed by atoms with van der Waals surface area (Å²) in [5.74, 6) is 0.742. The Hall–Kier alpha value is -0.870. The van der Waals surface area contributed by atoms with E-state index in [9.17, 15) is 8.42 Å². The molecule has 0 aromatic heterocycles. The minimum Gasteiger partial charge on any atom is -0.357 e. The Morgan fingerprint density at radius 2 is 1.75 bits per heavy atom. The molecular weight excluding hydrogens is 487 g/mol. The molecule has 0 saturated carbocycles. The molecule has 0 atom stereocenters. The quantitative estimate of drug-likeness (QED) is 0.226. The third-order valence-electron chi connectivity index (χ3n) is 4.71. The van der Waals surface area contributed by atoms with Crippen molar-refractivity contribution < 1.29 is 8.42 Å². The Kier molecular flexibility index (Phi) is 12.7. The standard InChI is InChI=1S/C20H34N4O2S.HI/c1-2-21-20(22-13-10-17-24-15-8-3-4-9-16-24)23-14-18-27(25,26)19-11-6-5-7-12-19;/h5-7,11-12H,2-4,8-10,13-18H2,1H3,(H2,21,22,23);1H. The molecule has 0 spiro atoms. The van der Waals surface area contributed by atoms with E-state index in [-0.39, 0.29) is 29.7 Å². The first-order valence-corrected chi connectivity index (χ1v) is 11.8. The van der Waals surface area contributed by atoms with E-state index in [4.69, 9.17) is 0 Å². The summed E-state index contributed by atoms with van der Waals surface area (Å²) in [4.78, 5) is 7.49. The third kappa shape index (κ3) is 9.56. The maximum Gasteiger partial charge on any atom is 0.191 e. The SMILES string of the molecule is CCNC(=NCCCN1CCCCCC1)NCCS(=O)(=O)c1ccccc1.I. The van der Waals surface area contributed by atoms with Crippen molar-refractivity contribution in [1.29, 1.82) is 0 Å². The van der Waals surface area contributed by atoms with Gasteiger partial charge in [0.25, 0.3) is 0 Å². The molecule has 1 aliphatic heterocycles. The topological polar surface area (TPSA) is 73.8 Å². The summed E-state index contributed by atoms with van der Waals surface area (Å²) in [6.45, 7) is 7.36. The highest BCUT2D eigenvalue weighted by molar-refractivity contribution is 14.0. The molecule has 1 aliphatic rings. The first kappa shape index (κ1) is 25.2. The number of halogens is 1. The first-order chi connectivity index (χ1) is 13.1. The van der Waals surface area contributed by atoms with Gasteiger partial charge in [0.1, 0.15) is 0 Å². The van der Waals surface area contributed by atoms with Crippen molar-refractivity contribution in [3.05, 3.63) is 30.3 Å². The molecule has 1 aromatic carbocycles. The Balaban J connectivity index is 0.00000392. The molecule has 0 amide bonds. The van der Waals surface area contributed by atoms with Gasteiger partial charge in [0.2, 0.25) is 0 Å². The molecule has 8 heteroatoms. The number of nitrogens with zero attached hydrogens (tertiary/aromatic N) is 2. The average Bonchev–Trinajstić information content (AvgIpc) is 2.94. The summed E-state index contributed by atoms with van der Waals surface area (Å²) in [6, 6.07) is 8.58. The fourth-order valence-corrected chi connectivity index (χ4v) is 4.41. The largest absolute Gasteiger partial charge is 0.357 e. The van der Waals surface area contributed by atoms with E-state index in [1.807, 2.05) is 13.0 Å². The Morgan fingerprint density at radius 1 is 1.07 bits per heavy atom. The maximum atomic E-state index is 12.3. The molecule has 0 unspecified atom stereocenters. The average molecular weight is 522 g/mol. The van der Waals surface area contributed by atoms with Crippen LogP contribution in [0.3, 0.4) is 0 Å². The van der Waals surface area contributed by atoms with Gasteiger partial charge in [-0.25, -0.2) is 8.42 Å². The summed E-state index contributed by atoms with van der Waals surface area (Å²) in [7, 11) is -3.27. The van der Waals surface area contributed by atoms with E-state index >= 15 is 0 Å². The van der Waals surface area contributed by atoms with Gasteiger partial charge in [-0.05, 0) is 58.0 Å². The molecule has 0 bridgehead atoms. The highest BCUT2D eigenvalue weighted by Crippen LogP contribution is 2.10. The number of hydrogen-bond donors (Lipinski definition) is 2. The van der Waals surface area contributed by atoms with Crippen molar-refractivity contribution in [3.8, 4) is 0 Å². The molecule has 1 saturated heterocycles. The number of nitrogens with one attached hydrogen (secondary N) is 2. The monoisotopic (exact) mass is 522 g/mol. The van der Waals surface area contributed by atoms with Gasteiger partial charge in [0, 0.05) is 19.6 Å². The van der Waals surface area contributed by atoms with Gasteiger partial charge in [0.05, 0.1) is 10.6 Å². The van der Waals surface area contributed by atoms with Crippen LogP contribution in [0.4, 0.5) is 0 Å². The number of guanidine groups is 1. The lowest BCUT2D eigenvalue weighted by atomic mass is 10.2. The fraction of sp³-hybridized carbons (Fsp3) is 0.650. The molecule has 0 aliphatic carbocycles. The van der Waals surface area contributed by atoms with Crippen LogP contribution in [0.5, 0.6) is 0 Å². The van der Waals surface area contributed by atoms with Crippen LogP contribution in [-0.4, -0.2) is 64.3 Å². The Bertz CT molecular complexity index is 660. The van der Waals surface area contributed by atoms with Crippen LogP contribution in [-0.2, 0) is 9.84 Å². The van der Waals surface area contributed by atoms with E-state index in [2.05, 4.69) is 20.5 Å². The molecule has 0 radical (unpaired) electrons. The second kappa shape index (κ2) is 14.2. The van der Waals surface area contributed by atoms with Gasteiger partial charge >= 0.3 is 0 Å². The van der Waals surface area contributed by atoms with E-state index in [0.29, 0.717) is 17.4 Å². The van der Waals surface area contributed by atoms with Gasteiger partial charge in [0.15, 0.2) is 15.8 Å². The van der Waals surface area contributed by atoms with Crippen LogP contribution in [0.15, 0.2) is 40.2 Å². The number of benzene rings is 1. The third-order valence-corrected chi connectivity index (χ3v) is 6.44. The highest BCUT2D eigenvalue weighted by Gasteiger charge is 2.13. The van der Waals surface area contributed by atoms with Gasteiger partial charge < -0.3 is 15.5 Å². The second-order valence-corrected chi connectivity index (χ2v) is 9.04. The second-order valence-electron chi connectivity index (χ2n) is 6.93. The molecule has 1 heterocycles. The number of aliphatic imine (C=N–C) groups is 1. The fourth-order valence-electron chi connectivity index (χ4n) is 3.24. The normalized spacial score (nSPS) is 16.1. The molecule has 6 nitrogen and oxygen atoms in total. The predicted molar refractivity (Wildman–Crippen MR) is 127 cm³/mol. The van der Waals surface area contributed by atoms with Crippen LogP contribution in [0.2, 0.25) is 0 Å². The smallest absolute Gasteiger partial charge is 0.191 e. The number of rotatable bonds is 9. The predicted octanol–water partition coefficient (Wildman–Crippen LogP) is 2.90. The lowest BCUT2D eigenvalue weighted by Crippen LogP contribution is -2.39. The summed E-state index contributed by atoms with van der Waals surface area (Å²) < 4.78 is 24.7. The first-order valence-electron chi connectivity index (χ1n) is 10.1. The molecule has 1 aromatic rings. The van der Waals surface area contributed by atoms with Crippen LogP contribution in [0.1, 0.15) is 39.0 Å².